The van der Waals surface area contributed by atoms with E-state index in [1.165, 1.54) is 19.1 Å². The number of amides is 2. The van der Waals surface area contributed by atoms with E-state index in [2.05, 4.69) is 10.6 Å². The highest BCUT2D eigenvalue weighted by Crippen LogP contribution is 2.25. The number of halogens is 1. The Labute approximate surface area is 155 Å². The van der Waals surface area contributed by atoms with Crippen LogP contribution in [0.5, 0.6) is 0 Å². The molecule has 0 aromatic heterocycles. The van der Waals surface area contributed by atoms with E-state index in [4.69, 9.17) is 11.6 Å². The lowest BCUT2D eigenvalue weighted by atomic mass is 10.1. The van der Waals surface area contributed by atoms with Crippen molar-refractivity contribution in [2.45, 2.75) is 26.4 Å². The molecule has 0 fully saturated rings. The molecule has 0 aliphatic heterocycles. The Hall–Kier alpha value is -2.93. The number of hydrogen-bond donors (Lipinski definition) is 2. The zero-order chi connectivity index (χ0) is 19.3. The van der Waals surface area contributed by atoms with E-state index in [9.17, 15) is 19.7 Å². The SMILES string of the molecule is Cc1ccccc1CNC(=O)[C@H](C)NC(=O)c1ccc(Cl)c([N+](=O)[O-])c1. The standard InChI is InChI=1S/C18H18ClN3O4/c1-11-5-3-4-6-14(11)10-20-17(23)12(2)21-18(24)13-7-8-15(19)16(9-13)22(25)26/h3-9,12H,10H2,1-2H3,(H,20,23)(H,21,24)/t12-/m0/s1. The smallest absolute Gasteiger partial charge is 0.288 e. The highest BCUT2D eigenvalue weighted by Gasteiger charge is 2.20. The van der Waals surface area contributed by atoms with Crippen molar-refractivity contribution in [3.05, 3.63) is 74.3 Å². The van der Waals surface area contributed by atoms with Gasteiger partial charge in [-0.3, -0.25) is 19.7 Å². The lowest BCUT2D eigenvalue weighted by Gasteiger charge is -2.15. The van der Waals surface area contributed by atoms with Crippen molar-refractivity contribution in [2.24, 2.45) is 0 Å². The minimum Gasteiger partial charge on any atom is -0.350 e. The van der Waals surface area contributed by atoms with Gasteiger partial charge in [0, 0.05) is 18.2 Å². The van der Waals surface area contributed by atoms with Crippen molar-refractivity contribution in [3.8, 4) is 0 Å². The molecule has 2 aromatic carbocycles. The normalized spacial score (nSPS) is 11.5. The van der Waals surface area contributed by atoms with Crippen LogP contribution in [-0.2, 0) is 11.3 Å². The van der Waals surface area contributed by atoms with Gasteiger partial charge in [0.05, 0.1) is 4.92 Å². The number of nitrogens with one attached hydrogen (secondary N) is 2. The van der Waals surface area contributed by atoms with Gasteiger partial charge in [-0.2, -0.15) is 0 Å². The van der Waals surface area contributed by atoms with Crippen molar-refractivity contribution in [1.82, 2.24) is 10.6 Å². The van der Waals surface area contributed by atoms with Gasteiger partial charge in [0.1, 0.15) is 11.1 Å². The quantitative estimate of drug-likeness (QED) is 0.598. The number of nitrogens with zero attached hydrogens (tertiary/aromatic N) is 1. The summed E-state index contributed by atoms with van der Waals surface area (Å²) in [6.45, 7) is 3.83. The van der Waals surface area contributed by atoms with Gasteiger partial charge in [0.25, 0.3) is 11.6 Å². The molecule has 0 saturated carbocycles. The van der Waals surface area contributed by atoms with Crippen molar-refractivity contribution >= 4 is 29.1 Å². The number of carbonyl (C=O) groups excluding carboxylic acids is 2. The maximum Gasteiger partial charge on any atom is 0.288 e. The summed E-state index contributed by atoms with van der Waals surface area (Å²) in [4.78, 5) is 34.6. The predicted molar refractivity (Wildman–Crippen MR) is 98.1 cm³/mol. The first kappa shape index (κ1) is 19.4. The maximum absolute atomic E-state index is 12.2. The van der Waals surface area contributed by atoms with Crippen molar-refractivity contribution in [1.29, 1.82) is 0 Å². The number of rotatable bonds is 6. The first-order chi connectivity index (χ1) is 12.3. The lowest BCUT2D eigenvalue weighted by molar-refractivity contribution is -0.384. The highest BCUT2D eigenvalue weighted by atomic mass is 35.5. The van der Waals surface area contributed by atoms with E-state index in [1.807, 2.05) is 31.2 Å². The lowest BCUT2D eigenvalue weighted by Crippen LogP contribution is -2.44. The summed E-state index contributed by atoms with van der Waals surface area (Å²) in [5.74, 6) is -0.951. The second-order valence-corrected chi connectivity index (χ2v) is 6.17. The Balaban J connectivity index is 1.98. The third-order valence-electron chi connectivity index (χ3n) is 3.86. The summed E-state index contributed by atoms with van der Waals surface area (Å²) in [5, 5.41) is 16.1. The van der Waals surface area contributed by atoms with Gasteiger partial charge < -0.3 is 10.6 Å². The fourth-order valence-electron chi connectivity index (χ4n) is 2.28. The Kier molecular flexibility index (Phi) is 6.30. The molecule has 2 rings (SSSR count). The van der Waals surface area contributed by atoms with Crippen LogP contribution >= 0.6 is 11.6 Å². The van der Waals surface area contributed by atoms with Gasteiger partial charge in [-0.1, -0.05) is 35.9 Å². The van der Waals surface area contributed by atoms with Gasteiger partial charge in [0.2, 0.25) is 5.91 Å². The molecule has 0 spiro atoms. The van der Waals surface area contributed by atoms with Crippen LogP contribution in [0, 0.1) is 17.0 Å². The summed E-state index contributed by atoms with van der Waals surface area (Å²) in [6.07, 6.45) is 0. The van der Waals surface area contributed by atoms with E-state index >= 15 is 0 Å². The van der Waals surface area contributed by atoms with Crippen LogP contribution < -0.4 is 10.6 Å². The Morgan fingerprint density at radius 2 is 1.92 bits per heavy atom. The zero-order valence-electron chi connectivity index (χ0n) is 14.3. The van der Waals surface area contributed by atoms with Crippen LogP contribution in [-0.4, -0.2) is 22.8 Å². The summed E-state index contributed by atoms with van der Waals surface area (Å²) in [7, 11) is 0. The molecule has 0 saturated heterocycles. The third kappa shape index (κ3) is 4.80. The van der Waals surface area contributed by atoms with E-state index in [0.717, 1.165) is 17.2 Å². The van der Waals surface area contributed by atoms with Crippen LogP contribution in [0.2, 0.25) is 5.02 Å². The molecule has 136 valence electrons. The molecule has 2 amide bonds. The second kappa shape index (κ2) is 8.44. The van der Waals surface area contributed by atoms with Crippen LogP contribution in [0.25, 0.3) is 0 Å². The van der Waals surface area contributed by atoms with Gasteiger partial charge >= 0.3 is 0 Å². The molecule has 1 atom stereocenters. The van der Waals surface area contributed by atoms with Crippen LogP contribution in [0.15, 0.2) is 42.5 Å². The van der Waals surface area contributed by atoms with Gasteiger partial charge in [-0.25, -0.2) is 0 Å². The first-order valence-corrected chi connectivity index (χ1v) is 8.24. The molecule has 2 aromatic rings. The molecule has 8 heteroatoms. The molecule has 0 aliphatic carbocycles. The Morgan fingerprint density at radius 1 is 1.23 bits per heavy atom. The minimum atomic E-state index is -0.804. The average Bonchev–Trinajstić information content (AvgIpc) is 2.60. The number of hydrogen-bond acceptors (Lipinski definition) is 4. The van der Waals surface area contributed by atoms with Crippen LogP contribution in [0.3, 0.4) is 0 Å². The Bertz CT molecular complexity index is 854. The molecule has 2 N–H and O–H groups in total. The molecule has 0 heterocycles. The number of nitro benzene ring substituents is 1. The van der Waals surface area contributed by atoms with Gasteiger partial charge in [-0.15, -0.1) is 0 Å². The Morgan fingerprint density at radius 3 is 2.58 bits per heavy atom. The van der Waals surface area contributed by atoms with Crippen molar-refractivity contribution in [2.75, 3.05) is 0 Å². The van der Waals surface area contributed by atoms with E-state index in [0.29, 0.717) is 6.54 Å². The molecule has 0 unspecified atom stereocenters. The fraction of sp³-hybridized carbons (Fsp3) is 0.222. The topological polar surface area (TPSA) is 101 Å². The van der Waals surface area contributed by atoms with Crippen molar-refractivity contribution in [3.63, 3.8) is 0 Å². The number of benzene rings is 2. The summed E-state index contributed by atoms with van der Waals surface area (Å²) >= 11 is 5.73. The number of aryl methyl sites for hydroxylation is 1. The zero-order valence-corrected chi connectivity index (χ0v) is 15.0. The third-order valence-corrected chi connectivity index (χ3v) is 4.18. The van der Waals surface area contributed by atoms with E-state index in [-0.39, 0.29) is 22.2 Å². The highest BCUT2D eigenvalue weighted by molar-refractivity contribution is 6.32. The molecule has 26 heavy (non-hydrogen) atoms. The average molecular weight is 376 g/mol. The van der Waals surface area contributed by atoms with E-state index < -0.39 is 16.9 Å². The van der Waals surface area contributed by atoms with Gasteiger partial charge in [0.15, 0.2) is 0 Å². The molecule has 0 radical (unpaired) electrons. The summed E-state index contributed by atoms with van der Waals surface area (Å²) in [6, 6.07) is 10.6. The number of carbonyl (C=O) groups is 2. The molecular weight excluding hydrogens is 358 g/mol. The fourth-order valence-corrected chi connectivity index (χ4v) is 2.47. The first-order valence-electron chi connectivity index (χ1n) is 7.86. The number of nitro groups is 1. The maximum atomic E-state index is 12.2. The largest absolute Gasteiger partial charge is 0.350 e. The monoisotopic (exact) mass is 375 g/mol. The van der Waals surface area contributed by atoms with Gasteiger partial charge in [-0.05, 0) is 37.1 Å². The second-order valence-electron chi connectivity index (χ2n) is 5.76. The van der Waals surface area contributed by atoms with Crippen molar-refractivity contribution < 1.29 is 14.5 Å². The van der Waals surface area contributed by atoms with Crippen LogP contribution in [0.1, 0.15) is 28.4 Å². The van der Waals surface area contributed by atoms with E-state index in [1.54, 1.807) is 0 Å². The molecular formula is C18H18ClN3O4. The summed E-state index contributed by atoms with van der Waals surface area (Å²) in [5.41, 5.74) is 1.72. The van der Waals surface area contributed by atoms with Crippen LogP contribution in [0.4, 0.5) is 5.69 Å². The predicted octanol–water partition coefficient (Wildman–Crippen LogP) is 2.99. The summed E-state index contributed by atoms with van der Waals surface area (Å²) < 4.78 is 0. The molecule has 0 bridgehead atoms. The molecule has 0 aliphatic rings. The molecule has 7 nitrogen and oxygen atoms in total. The minimum absolute atomic E-state index is 0.0552.